The second-order valence-corrected chi connectivity index (χ2v) is 5.55. The van der Waals surface area contributed by atoms with Gasteiger partial charge in [-0.05, 0) is 45.1 Å². The molecule has 4 nitrogen and oxygen atoms in total. The number of likely N-dealkylation sites (N-methyl/N-ethyl adjacent to an activating group) is 1. The molecule has 1 N–H and O–H groups in total. The van der Waals surface area contributed by atoms with E-state index in [2.05, 4.69) is 48.0 Å². The minimum Gasteiger partial charge on any atom is -0.355 e. The van der Waals surface area contributed by atoms with Gasteiger partial charge in [-0.15, -0.1) is 0 Å². The maximum Gasteiger partial charge on any atom is 0.128 e. The average Bonchev–Trinajstić information content (AvgIpc) is 2.92. The van der Waals surface area contributed by atoms with Crippen LogP contribution in [-0.4, -0.2) is 49.2 Å². The number of hydrogen-bond donors (Lipinski definition) is 1. The van der Waals surface area contributed by atoms with E-state index in [1.807, 2.05) is 7.05 Å². The van der Waals surface area contributed by atoms with Crippen molar-refractivity contribution in [2.45, 2.75) is 39.8 Å². The van der Waals surface area contributed by atoms with Gasteiger partial charge < -0.3 is 10.2 Å². The Morgan fingerprint density at radius 2 is 2.10 bits per heavy atom. The minimum atomic E-state index is 0.684. The predicted octanol–water partition coefficient (Wildman–Crippen LogP) is 2.03. The second-order valence-electron chi connectivity index (χ2n) is 5.55. The molecule has 0 amide bonds. The van der Waals surface area contributed by atoms with Gasteiger partial charge in [-0.3, -0.25) is 4.90 Å². The zero-order valence-corrected chi connectivity index (χ0v) is 13.3. The molecule has 1 unspecified atom stereocenters. The van der Waals surface area contributed by atoms with Gasteiger partial charge in [0.15, 0.2) is 0 Å². The van der Waals surface area contributed by atoms with E-state index < -0.39 is 0 Å². The third-order valence-electron chi connectivity index (χ3n) is 4.36. The number of aromatic nitrogens is 1. The summed E-state index contributed by atoms with van der Waals surface area (Å²) in [6.45, 7) is 12.0. The SMILES string of the molecule is CCN(CC)C1CCN(c2ccc(CNC)c(C)n2)C1. The summed E-state index contributed by atoms with van der Waals surface area (Å²) < 4.78 is 0. The maximum atomic E-state index is 4.79. The molecule has 1 aromatic heterocycles. The molecule has 112 valence electrons. The molecule has 1 aliphatic rings. The molecule has 0 saturated carbocycles. The van der Waals surface area contributed by atoms with Crippen molar-refractivity contribution in [3.8, 4) is 0 Å². The van der Waals surface area contributed by atoms with Crippen LogP contribution < -0.4 is 10.2 Å². The fraction of sp³-hybridized carbons (Fsp3) is 0.688. The van der Waals surface area contributed by atoms with Gasteiger partial charge in [-0.1, -0.05) is 19.9 Å². The lowest BCUT2D eigenvalue weighted by molar-refractivity contribution is 0.232. The lowest BCUT2D eigenvalue weighted by Gasteiger charge is -2.26. The van der Waals surface area contributed by atoms with Crippen LogP contribution in [0.3, 0.4) is 0 Å². The van der Waals surface area contributed by atoms with Gasteiger partial charge in [0.1, 0.15) is 5.82 Å². The molecular weight excluding hydrogens is 248 g/mol. The first kappa shape index (κ1) is 15.3. The van der Waals surface area contributed by atoms with Gasteiger partial charge >= 0.3 is 0 Å². The summed E-state index contributed by atoms with van der Waals surface area (Å²) in [7, 11) is 1.97. The molecular formula is C16H28N4. The van der Waals surface area contributed by atoms with Crippen molar-refractivity contribution in [1.29, 1.82) is 0 Å². The number of hydrogen-bond acceptors (Lipinski definition) is 4. The highest BCUT2D eigenvalue weighted by molar-refractivity contribution is 5.43. The highest BCUT2D eigenvalue weighted by atomic mass is 15.3. The van der Waals surface area contributed by atoms with E-state index in [0.717, 1.165) is 44.2 Å². The number of anilines is 1. The molecule has 0 aliphatic carbocycles. The fourth-order valence-electron chi connectivity index (χ4n) is 3.12. The molecule has 1 aromatic rings. The molecule has 1 aliphatic heterocycles. The predicted molar refractivity (Wildman–Crippen MR) is 85.3 cm³/mol. The fourth-order valence-corrected chi connectivity index (χ4v) is 3.12. The van der Waals surface area contributed by atoms with Gasteiger partial charge in [0.25, 0.3) is 0 Å². The minimum absolute atomic E-state index is 0.684. The topological polar surface area (TPSA) is 31.4 Å². The van der Waals surface area contributed by atoms with Crippen LogP contribution >= 0.6 is 0 Å². The molecule has 1 atom stereocenters. The molecule has 1 saturated heterocycles. The summed E-state index contributed by atoms with van der Waals surface area (Å²) in [5.41, 5.74) is 2.43. The van der Waals surface area contributed by atoms with Crippen molar-refractivity contribution >= 4 is 5.82 Å². The Bertz CT molecular complexity index is 428. The summed E-state index contributed by atoms with van der Waals surface area (Å²) in [5.74, 6) is 1.14. The van der Waals surface area contributed by atoms with E-state index in [1.54, 1.807) is 0 Å². The zero-order chi connectivity index (χ0) is 14.5. The van der Waals surface area contributed by atoms with Crippen LogP contribution in [0.2, 0.25) is 0 Å². The Balaban J connectivity index is 2.04. The van der Waals surface area contributed by atoms with E-state index in [1.165, 1.54) is 12.0 Å². The first-order valence-electron chi connectivity index (χ1n) is 7.79. The first-order chi connectivity index (χ1) is 9.69. The van der Waals surface area contributed by atoms with Crippen LogP contribution in [0, 0.1) is 6.92 Å². The van der Waals surface area contributed by atoms with Crippen LogP contribution in [0.5, 0.6) is 0 Å². The van der Waals surface area contributed by atoms with Gasteiger partial charge in [-0.25, -0.2) is 4.98 Å². The van der Waals surface area contributed by atoms with Crippen LogP contribution in [-0.2, 0) is 6.54 Å². The number of nitrogens with zero attached hydrogens (tertiary/aromatic N) is 3. The van der Waals surface area contributed by atoms with Gasteiger partial charge in [0.05, 0.1) is 0 Å². The summed E-state index contributed by atoms with van der Waals surface area (Å²) in [6, 6.07) is 5.06. The summed E-state index contributed by atoms with van der Waals surface area (Å²) in [6.07, 6.45) is 1.25. The second kappa shape index (κ2) is 7.04. The van der Waals surface area contributed by atoms with Gasteiger partial charge in [0, 0.05) is 31.4 Å². The largest absolute Gasteiger partial charge is 0.355 e. The summed E-state index contributed by atoms with van der Waals surface area (Å²) in [5, 5.41) is 3.19. The van der Waals surface area contributed by atoms with E-state index in [0.29, 0.717) is 6.04 Å². The van der Waals surface area contributed by atoms with Crippen molar-refractivity contribution in [3.63, 3.8) is 0 Å². The molecule has 1 fully saturated rings. The molecule has 4 heteroatoms. The third-order valence-corrected chi connectivity index (χ3v) is 4.36. The highest BCUT2D eigenvalue weighted by Gasteiger charge is 2.26. The van der Waals surface area contributed by atoms with Crippen LogP contribution in [0.1, 0.15) is 31.5 Å². The smallest absolute Gasteiger partial charge is 0.128 e. The monoisotopic (exact) mass is 276 g/mol. The Morgan fingerprint density at radius 3 is 2.70 bits per heavy atom. The number of pyridine rings is 1. The Kier molecular flexibility index (Phi) is 5.38. The van der Waals surface area contributed by atoms with Crippen molar-refractivity contribution in [3.05, 3.63) is 23.4 Å². The van der Waals surface area contributed by atoms with Crippen LogP contribution in [0.15, 0.2) is 12.1 Å². The van der Waals surface area contributed by atoms with Crippen LogP contribution in [0.4, 0.5) is 5.82 Å². The van der Waals surface area contributed by atoms with E-state index in [9.17, 15) is 0 Å². The average molecular weight is 276 g/mol. The standard InChI is InChI=1S/C16H28N4/c1-5-19(6-2)15-9-10-20(12-15)16-8-7-14(11-17-4)13(3)18-16/h7-8,15,17H,5-6,9-12H2,1-4H3. The Labute approximate surface area is 123 Å². The normalized spacial score (nSPS) is 19.1. The molecule has 0 aromatic carbocycles. The number of rotatable bonds is 6. The third kappa shape index (κ3) is 3.30. The first-order valence-corrected chi connectivity index (χ1v) is 7.79. The summed E-state index contributed by atoms with van der Waals surface area (Å²) in [4.78, 5) is 9.77. The van der Waals surface area contributed by atoms with Crippen molar-refractivity contribution in [2.75, 3.05) is 38.1 Å². The Morgan fingerprint density at radius 1 is 1.35 bits per heavy atom. The number of nitrogens with one attached hydrogen (secondary N) is 1. The maximum absolute atomic E-state index is 4.79. The molecule has 0 bridgehead atoms. The van der Waals surface area contributed by atoms with Gasteiger partial charge in [0.2, 0.25) is 0 Å². The summed E-state index contributed by atoms with van der Waals surface area (Å²) >= 11 is 0. The van der Waals surface area contributed by atoms with Crippen molar-refractivity contribution in [1.82, 2.24) is 15.2 Å². The molecule has 20 heavy (non-hydrogen) atoms. The molecule has 2 rings (SSSR count). The zero-order valence-electron chi connectivity index (χ0n) is 13.3. The quantitative estimate of drug-likeness (QED) is 0.861. The lowest BCUT2D eigenvalue weighted by atomic mass is 10.2. The van der Waals surface area contributed by atoms with Crippen LogP contribution in [0.25, 0.3) is 0 Å². The van der Waals surface area contributed by atoms with E-state index in [-0.39, 0.29) is 0 Å². The van der Waals surface area contributed by atoms with E-state index in [4.69, 9.17) is 4.98 Å². The lowest BCUT2D eigenvalue weighted by Crippen LogP contribution is -2.37. The number of aryl methyl sites for hydroxylation is 1. The molecule has 0 radical (unpaired) electrons. The Hall–Kier alpha value is -1.13. The highest BCUT2D eigenvalue weighted by Crippen LogP contribution is 2.22. The molecule has 0 spiro atoms. The van der Waals surface area contributed by atoms with Crippen molar-refractivity contribution in [2.24, 2.45) is 0 Å². The molecule has 2 heterocycles. The van der Waals surface area contributed by atoms with Gasteiger partial charge in [-0.2, -0.15) is 0 Å². The van der Waals surface area contributed by atoms with Crippen molar-refractivity contribution < 1.29 is 0 Å². The van der Waals surface area contributed by atoms with E-state index >= 15 is 0 Å².